The highest BCUT2D eigenvalue weighted by atomic mass is 32.3. The van der Waals surface area contributed by atoms with Crippen molar-refractivity contribution in [2.45, 2.75) is 58.3 Å². The van der Waals surface area contributed by atoms with Gasteiger partial charge in [0.1, 0.15) is 5.75 Å². The first-order valence-corrected chi connectivity index (χ1v) is 14.0. The van der Waals surface area contributed by atoms with Gasteiger partial charge in [-0.15, -0.1) is 0 Å². The fourth-order valence-corrected chi connectivity index (χ4v) is 5.58. The van der Waals surface area contributed by atoms with Crippen molar-refractivity contribution < 1.29 is 17.2 Å². The Kier molecular flexibility index (Phi) is 8.84. The molecule has 1 aliphatic rings. The zero-order chi connectivity index (χ0) is 26.3. The molecule has 2 aromatic heterocycles. The van der Waals surface area contributed by atoms with Crippen molar-refractivity contribution >= 4 is 16.1 Å². The smallest absolute Gasteiger partial charge is 0.362 e. The van der Waals surface area contributed by atoms with E-state index < -0.39 is 10.4 Å². The number of aryl methyl sites for hydroxylation is 2. The Morgan fingerprint density at radius 2 is 1.49 bits per heavy atom. The third-order valence-electron chi connectivity index (χ3n) is 6.90. The molecule has 3 aromatic rings. The second-order valence-corrected chi connectivity index (χ2v) is 10.5. The fraction of sp³-hybridized carbons (Fsp3) is 0.345. The van der Waals surface area contributed by atoms with Crippen molar-refractivity contribution in [1.29, 1.82) is 0 Å². The maximum Gasteiger partial charge on any atom is 0.446 e. The lowest BCUT2D eigenvalue weighted by atomic mass is 9.72. The summed E-state index contributed by atoms with van der Waals surface area (Å²) in [6.07, 6.45) is 13.2. The van der Waals surface area contributed by atoms with Crippen LogP contribution in [0.15, 0.2) is 89.6 Å². The van der Waals surface area contributed by atoms with Gasteiger partial charge in [-0.3, -0.25) is 19.5 Å². The maximum absolute atomic E-state index is 11.1. The van der Waals surface area contributed by atoms with E-state index in [2.05, 4.69) is 40.1 Å². The lowest BCUT2D eigenvalue weighted by molar-refractivity contribution is 0.386. The molecule has 0 spiro atoms. The molecule has 0 amide bonds. The summed E-state index contributed by atoms with van der Waals surface area (Å²) in [5, 5.41) is 0. The minimum atomic E-state index is -4.57. The summed E-state index contributed by atoms with van der Waals surface area (Å²) in [6, 6.07) is 15.1. The second kappa shape index (κ2) is 12.3. The molecule has 0 saturated carbocycles. The first kappa shape index (κ1) is 26.7. The van der Waals surface area contributed by atoms with E-state index in [1.54, 1.807) is 24.5 Å². The van der Waals surface area contributed by atoms with Crippen LogP contribution in [0.4, 0.5) is 0 Å². The predicted octanol–water partition coefficient (Wildman–Crippen LogP) is 6.15. The van der Waals surface area contributed by atoms with E-state index in [0.29, 0.717) is 0 Å². The van der Waals surface area contributed by atoms with E-state index >= 15 is 0 Å². The summed E-state index contributed by atoms with van der Waals surface area (Å²) in [7, 11) is -4.57. The van der Waals surface area contributed by atoms with Gasteiger partial charge in [-0.05, 0) is 98.9 Å². The lowest BCUT2D eigenvalue weighted by Gasteiger charge is -2.34. The van der Waals surface area contributed by atoms with Crippen LogP contribution in [0.2, 0.25) is 0 Å². The number of pyridine rings is 2. The van der Waals surface area contributed by atoms with E-state index in [4.69, 9.17) is 9.55 Å². The molecule has 2 unspecified atom stereocenters. The molecule has 37 heavy (non-hydrogen) atoms. The van der Waals surface area contributed by atoms with Gasteiger partial charge < -0.3 is 4.18 Å². The zero-order valence-electron chi connectivity index (χ0n) is 21.2. The molecule has 0 bridgehead atoms. The molecule has 1 aromatic carbocycles. The van der Waals surface area contributed by atoms with E-state index in [0.717, 1.165) is 55.5 Å². The number of aliphatic imine (C=N–C) groups is 1. The summed E-state index contributed by atoms with van der Waals surface area (Å²) in [4.78, 5) is 13.4. The SMILES string of the molecule is CC1=NC(C)=C(CCCc2cccnc2)C(c2ccc(OS(=O)(=O)O)cc2)C1CCCc1cccnc1. The van der Waals surface area contributed by atoms with Gasteiger partial charge in [0.05, 0.1) is 0 Å². The van der Waals surface area contributed by atoms with Crippen LogP contribution < -0.4 is 4.18 Å². The third kappa shape index (κ3) is 7.57. The average Bonchev–Trinajstić information content (AvgIpc) is 2.87. The Morgan fingerprint density at radius 1 is 0.865 bits per heavy atom. The summed E-state index contributed by atoms with van der Waals surface area (Å²) in [6.45, 7) is 4.19. The molecule has 0 saturated heterocycles. The van der Waals surface area contributed by atoms with Crippen molar-refractivity contribution in [3.8, 4) is 5.75 Å². The number of rotatable bonds is 11. The van der Waals surface area contributed by atoms with E-state index in [1.165, 1.54) is 16.7 Å². The van der Waals surface area contributed by atoms with Gasteiger partial charge in [0.25, 0.3) is 0 Å². The molecule has 1 N–H and O–H groups in total. The Bertz CT molecular complexity index is 1340. The fourth-order valence-electron chi connectivity index (χ4n) is 5.23. The standard InChI is InChI=1S/C29H33N3O4S/c1-21-27(11-3-7-23-9-5-17-30-19-23)29(25-13-15-26(16-14-25)36-37(33,34)35)28(22(2)32-21)12-4-8-24-10-6-18-31-20-24/h5-6,9-10,13-20,27,29H,3-4,7-8,11-12H2,1-2H3,(H,33,34,35). The highest BCUT2D eigenvalue weighted by Crippen LogP contribution is 2.43. The van der Waals surface area contributed by atoms with Crippen LogP contribution >= 0.6 is 0 Å². The number of benzene rings is 1. The number of hydrogen-bond acceptors (Lipinski definition) is 6. The molecule has 8 heteroatoms. The van der Waals surface area contributed by atoms with Crippen molar-refractivity contribution in [1.82, 2.24) is 9.97 Å². The molecule has 0 fully saturated rings. The second-order valence-electron chi connectivity index (χ2n) is 9.50. The third-order valence-corrected chi connectivity index (χ3v) is 7.30. The summed E-state index contributed by atoms with van der Waals surface area (Å²) in [5.74, 6) is 0.432. The first-order valence-electron chi connectivity index (χ1n) is 12.6. The molecule has 194 valence electrons. The lowest BCUT2D eigenvalue weighted by Crippen LogP contribution is -2.27. The van der Waals surface area contributed by atoms with Crippen LogP contribution in [0.3, 0.4) is 0 Å². The van der Waals surface area contributed by atoms with E-state index in [-0.39, 0.29) is 17.6 Å². The zero-order valence-corrected chi connectivity index (χ0v) is 22.1. The van der Waals surface area contributed by atoms with Crippen LogP contribution in [-0.2, 0) is 23.2 Å². The minimum Gasteiger partial charge on any atom is -0.362 e. The topological polar surface area (TPSA) is 102 Å². The Morgan fingerprint density at radius 3 is 2.05 bits per heavy atom. The molecular formula is C29H33N3O4S. The van der Waals surface area contributed by atoms with E-state index in [1.807, 2.05) is 36.7 Å². The van der Waals surface area contributed by atoms with Crippen molar-refractivity contribution in [2.75, 3.05) is 0 Å². The van der Waals surface area contributed by atoms with Gasteiger partial charge in [-0.1, -0.05) is 24.3 Å². The van der Waals surface area contributed by atoms with Gasteiger partial charge in [0.2, 0.25) is 0 Å². The molecular weight excluding hydrogens is 486 g/mol. The van der Waals surface area contributed by atoms with E-state index in [9.17, 15) is 8.42 Å². The van der Waals surface area contributed by atoms with Gasteiger partial charge in [-0.2, -0.15) is 8.42 Å². The highest BCUT2D eigenvalue weighted by molar-refractivity contribution is 7.81. The molecule has 2 atom stereocenters. The molecule has 3 heterocycles. The number of aromatic nitrogens is 2. The maximum atomic E-state index is 11.1. The van der Waals surface area contributed by atoms with Crippen LogP contribution in [0, 0.1) is 5.92 Å². The van der Waals surface area contributed by atoms with Gasteiger partial charge in [0.15, 0.2) is 0 Å². The monoisotopic (exact) mass is 519 g/mol. The Hall–Kier alpha value is -3.36. The largest absolute Gasteiger partial charge is 0.446 e. The van der Waals surface area contributed by atoms with Gasteiger partial charge >= 0.3 is 10.4 Å². The molecule has 4 rings (SSSR count). The van der Waals surface area contributed by atoms with Crippen LogP contribution in [0.1, 0.15) is 62.1 Å². The average molecular weight is 520 g/mol. The van der Waals surface area contributed by atoms with Crippen LogP contribution in [0.25, 0.3) is 0 Å². The van der Waals surface area contributed by atoms with Crippen molar-refractivity contribution in [3.05, 3.63) is 101 Å². The number of allylic oxidation sites excluding steroid dienone is 2. The first-order chi connectivity index (χ1) is 17.8. The number of nitrogens with zero attached hydrogens (tertiary/aromatic N) is 3. The van der Waals surface area contributed by atoms with Gasteiger partial charge in [-0.25, -0.2) is 0 Å². The van der Waals surface area contributed by atoms with Crippen LogP contribution in [-0.4, -0.2) is 28.7 Å². The molecule has 1 aliphatic heterocycles. The van der Waals surface area contributed by atoms with Crippen LogP contribution in [0.5, 0.6) is 5.75 Å². The quantitative estimate of drug-likeness (QED) is 0.305. The summed E-state index contributed by atoms with van der Waals surface area (Å²) < 4.78 is 36.0. The number of hydrogen-bond donors (Lipinski definition) is 1. The summed E-state index contributed by atoms with van der Waals surface area (Å²) >= 11 is 0. The normalized spacial score (nSPS) is 18.0. The minimum absolute atomic E-state index is 0.0828. The highest BCUT2D eigenvalue weighted by Gasteiger charge is 2.32. The predicted molar refractivity (Wildman–Crippen MR) is 145 cm³/mol. The van der Waals surface area contributed by atoms with Gasteiger partial charge in [0, 0.05) is 48.0 Å². The Balaban J connectivity index is 1.57. The van der Waals surface area contributed by atoms with Crippen molar-refractivity contribution in [2.24, 2.45) is 10.9 Å². The Labute approximate surface area is 219 Å². The molecule has 0 aliphatic carbocycles. The molecule has 0 radical (unpaired) electrons. The molecule has 7 nitrogen and oxygen atoms in total. The summed E-state index contributed by atoms with van der Waals surface area (Å²) in [5.41, 5.74) is 6.99. The van der Waals surface area contributed by atoms with Crippen molar-refractivity contribution in [3.63, 3.8) is 0 Å².